The van der Waals surface area contributed by atoms with Crippen molar-refractivity contribution in [1.29, 1.82) is 0 Å². The van der Waals surface area contributed by atoms with Crippen LogP contribution in [-0.4, -0.2) is 51.1 Å². The van der Waals surface area contributed by atoms with Gasteiger partial charge >= 0.3 is 18.4 Å². The molecule has 246 valence electrons. The molecule has 0 radical (unpaired) electrons. The molecule has 0 spiro atoms. The number of Topliss-reactive ketones (excluding diaryl/α,β-unsaturated/α-hetero) is 1. The Balaban J connectivity index is 0.000000514. The van der Waals surface area contributed by atoms with Crippen molar-refractivity contribution in [2.75, 3.05) is 17.2 Å². The number of carboxylic acids is 1. The lowest BCUT2D eigenvalue weighted by Gasteiger charge is -2.09. The van der Waals surface area contributed by atoms with Gasteiger partial charge in [0.05, 0.1) is 6.61 Å². The molecule has 0 fully saturated rings. The molecule has 0 aliphatic heterocycles. The number of aliphatic carboxylic acids is 1. The highest BCUT2D eigenvalue weighted by molar-refractivity contribution is 5.99. The first-order valence-electron chi connectivity index (χ1n) is 14.3. The van der Waals surface area contributed by atoms with Gasteiger partial charge in [-0.1, -0.05) is 91.8 Å². The molecule has 4 N–H and O–H groups in total. The van der Waals surface area contributed by atoms with E-state index in [0.717, 1.165) is 16.7 Å². The third-order valence-electron chi connectivity index (χ3n) is 6.06. The largest absolute Gasteiger partial charge is 0.477 e. The van der Waals surface area contributed by atoms with Gasteiger partial charge in [-0.3, -0.25) is 15.4 Å². The number of halogens is 2. The minimum absolute atomic E-state index is 0.0414. The standard InChI is InChI=1S/C21H20N4O4.C11H18.C2H2F2O2/c1-14-4-2-3-5-18(14)24-21(27)25-20-22-12-17(13-23-20)15-6-8-16(9-7-15)19(26)10-11-29-28;1-5-8-11(7-3)9-10(4)6-2;3-1(4)2(5)6/h2-9,12-13,28H,10-11H2,1H3,(H2,22,23,24,25,27);6-7,9H,2,5,8H2,1,3-4H3;1H,(H,5,6)/b;10-9-,11-7-;. The Morgan fingerprint density at radius 1 is 1.00 bits per heavy atom. The molecule has 10 nitrogen and oxygen atoms in total. The number of aromatic nitrogens is 2. The summed E-state index contributed by atoms with van der Waals surface area (Å²) in [6.45, 7) is 11.9. The second kappa shape index (κ2) is 21.6. The smallest absolute Gasteiger partial charge is 0.371 e. The molecule has 0 aliphatic rings. The zero-order valence-corrected chi connectivity index (χ0v) is 26.3. The summed E-state index contributed by atoms with van der Waals surface area (Å²) in [6, 6.07) is 14.0. The van der Waals surface area contributed by atoms with Crippen LogP contribution in [0, 0.1) is 6.92 Å². The van der Waals surface area contributed by atoms with Crippen LogP contribution in [0.15, 0.2) is 96.9 Å². The monoisotopic (exact) mass is 638 g/mol. The molecular weight excluding hydrogens is 598 g/mol. The summed E-state index contributed by atoms with van der Waals surface area (Å²) in [5, 5.41) is 20.9. The number of carbonyl (C=O) groups excluding carboxylic acids is 2. The number of aryl methyl sites for hydroxylation is 1. The van der Waals surface area contributed by atoms with Crippen LogP contribution in [0.25, 0.3) is 11.1 Å². The minimum Gasteiger partial charge on any atom is -0.477 e. The lowest BCUT2D eigenvalue weighted by molar-refractivity contribution is -0.240. The number of rotatable bonds is 12. The number of amides is 2. The van der Waals surface area contributed by atoms with E-state index in [4.69, 9.17) is 15.2 Å². The summed E-state index contributed by atoms with van der Waals surface area (Å²) in [5.74, 6) is -2.02. The van der Waals surface area contributed by atoms with Gasteiger partial charge in [0.25, 0.3) is 0 Å². The van der Waals surface area contributed by atoms with Gasteiger partial charge in [0.2, 0.25) is 5.95 Å². The predicted molar refractivity (Wildman–Crippen MR) is 175 cm³/mol. The molecule has 3 rings (SSSR count). The van der Waals surface area contributed by atoms with Crippen molar-refractivity contribution >= 4 is 29.4 Å². The molecule has 46 heavy (non-hydrogen) atoms. The van der Waals surface area contributed by atoms with Crippen molar-refractivity contribution in [3.05, 3.63) is 108 Å². The Bertz CT molecular complexity index is 1470. The average molecular weight is 639 g/mol. The highest BCUT2D eigenvalue weighted by atomic mass is 19.3. The Morgan fingerprint density at radius 3 is 2.11 bits per heavy atom. The van der Waals surface area contributed by atoms with Crippen LogP contribution in [-0.2, 0) is 9.68 Å². The Kier molecular flexibility index (Phi) is 18.3. The molecule has 1 aromatic heterocycles. The van der Waals surface area contributed by atoms with E-state index in [0.29, 0.717) is 11.3 Å². The molecule has 12 heteroatoms. The van der Waals surface area contributed by atoms with Crippen molar-refractivity contribution in [1.82, 2.24) is 9.97 Å². The van der Waals surface area contributed by atoms with E-state index >= 15 is 0 Å². The van der Waals surface area contributed by atoms with Gasteiger partial charge in [0.1, 0.15) is 0 Å². The van der Waals surface area contributed by atoms with Crippen LogP contribution in [0.3, 0.4) is 0 Å². The first-order chi connectivity index (χ1) is 21.9. The lowest BCUT2D eigenvalue weighted by Crippen LogP contribution is -2.21. The van der Waals surface area contributed by atoms with Crippen LogP contribution in [0.4, 0.5) is 25.2 Å². The number of alkyl halides is 2. The topological polar surface area (TPSA) is 151 Å². The normalized spacial score (nSPS) is 11.0. The van der Waals surface area contributed by atoms with Crippen molar-refractivity contribution in [2.45, 2.75) is 53.4 Å². The Morgan fingerprint density at radius 2 is 1.61 bits per heavy atom. The summed E-state index contributed by atoms with van der Waals surface area (Å²) in [4.78, 5) is 45.2. The van der Waals surface area contributed by atoms with Crippen LogP contribution >= 0.6 is 0 Å². The molecular formula is C34H40F2N4O6. The fourth-order valence-electron chi connectivity index (χ4n) is 3.58. The van der Waals surface area contributed by atoms with E-state index in [1.54, 1.807) is 36.7 Å². The number of urea groups is 1. The minimum atomic E-state index is -3.23. The number of anilines is 2. The van der Waals surface area contributed by atoms with Crippen molar-refractivity contribution in [2.24, 2.45) is 0 Å². The maximum absolute atomic E-state index is 12.1. The van der Waals surface area contributed by atoms with Crippen molar-refractivity contribution in [3.63, 3.8) is 0 Å². The van der Waals surface area contributed by atoms with Crippen LogP contribution in [0.2, 0.25) is 0 Å². The molecule has 0 aliphatic carbocycles. The zero-order chi connectivity index (χ0) is 34.5. The van der Waals surface area contributed by atoms with Gasteiger partial charge in [-0.05, 0) is 44.4 Å². The van der Waals surface area contributed by atoms with E-state index in [-0.39, 0.29) is 24.8 Å². The second-order valence-corrected chi connectivity index (χ2v) is 9.62. The fraction of sp³-hybridized carbons (Fsp3) is 0.265. The SMILES string of the molecule is C=C/C(C)=C\C(=C/C)CCC.Cc1ccccc1NC(=O)Nc1ncc(-c2ccc(C(=O)CCOO)cc2)cn1.O=C(O)C(F)F. The van der Waals surface area contributed by atoms with Gasteiger partial charge < -0.3 is 10.4 Å². The summed E-state index contributed by atoms with van der Waals surface area (Å²) in [7, 11) is 0. The molecule has 2 amide bonds. The Labute approximate surface area is 267 Å². The molecule has 0 unspecified atom stereocenters. The average Bonchev–Trinajstić information content (AvgIpc) is 3.05. The molecule has 3 aromatic rings. The number of nitrogens with zero attached hydrogens (tertiary/aromatic N) is 2. The quantitative estimate of drug-likeness (QED) is 0.0669. The second-order valence-electron chi connectivity index (χ2n) is 9.62. The maximum Gasteiger partial charge on any atom is 0.371 e. The number of carbonyl (C=O) groups is 3. The summed E-state index contributed by atoms with van der Waals surface area (Å²) in [6.07, 6.45) is 8.67. The first-order valence-corrected chi connectivity index (χ1v) is 14.3. The molecule has 0 saturated heterocycles. The van der Waals surface area contributed by atoms with Crippen molar-refractivity contribution < 1.29 is 38.4 Å². The van der Waals surface area contributed by atoms with E-state index in [1.165, 1.54) is 24.0 Å². The van der Waals surface area contributed by atoms with Gasteiger partial charge in [0, 0.05) is 35.6 Å². The zero-order valence-electron chi connectivity index (χ0n) is 26.3. The van der Waals surface area contributed by atoms with Crippen LogP contribution in [0.1, 0.15) is 56.0 Å². The lowest BCUT2D eigenvalue weighted by atomic mass is 10.0. The molecule has 0 bridgehead atoms. The molecule has 1 heterocycles. The number of allylic oxidation sites excluding steroid dienone is 5. The molecule has 0 saturated carbocycles. The number of carboxylic acid groups (broad SMARTS) is 1. The predicted octanol–water partition coefficient (Wildman–Crippen LogP) is 8.36. The third kappa shape index (κ3) is 15.1. The molecule has 0 atom stereocenters. The van der Waals surface area contributed by atoms with Gasteiger partial charge in [0.15, 0.2) is 5.78 Å². The van der Waals surface area contributed by atoms with E-state index in [2.05, 4.69) is 65.0 Å². The van der Waals surface area contributed by atoms with Crippen LogP contribution < -0.4 is 10.6 Å². The number of ketones is 1. The van der Waals surface area contributed by atoms with E-state index in [9.17, 15) is 18.4 Å². The van der Waals surface area contributed by atoms with Gasteiger partial charge in [-0.15, -0.1) is 0 Å². The van der Waals surface area contributed by atoms with Crippen LogP contribution in [0.5, 0.6) is 0 Å². The summed E-state index contributed by atoms with van der Waals surface area (Å²) >= 11 is 0. The maximum atomic E-state index is 12.1. The first kappa shape index (κ1) is 39.0. The van der Waals surface area contributed by atoms with E-state index < -0.39 is 18.4 Å². The number of hydrogen-bond acceptors (Lipinski definition) is 7. The third-order valence-corrected chi connectivity index (χ3v) is 6.06. The number of benzene rings is 2. The highest BCUT2D eigenvalue weighted by Gasteiger charge is 2.11. The Hall–Kier alpha value is -5.07. The number of hydrogen-bond donors (Lipinski definition) is 4. The van der Waals surface area contributed by atoms with E-state index in [1.807, 2.05) is 37.3 Å². The van der Waals surface area contributed by atoms with Crippen molar-refractivity contribution in [3.8, 4) is 11.1 Å². The number of nitrogens with one attached hydrogen (secondary N) is 2. The molecule has 2 aromatic carbocycles. The number of para-hydroxylation sites is 1. The van der Waals surface area contributed by atoms with Gasteiger partial charge in [-0.2, -0.15) is 8.78 Å². The van der Waals surface area contributed by atoms with Gasteiger partial charge in [-0.25, -0.2) is 24.4 Å². The summed E-state index contributed by atoms with van der Waals surface area (Å²) in [5.41, 5.74) is 6.41. The summed E-state index contributed by atoms with van der Waals surface area (Å²) < 4.78 is 21.1. The highest BCUT2D eigenvalue weighted by Crippen LogP contribution is 2.20. The fourth-order valence-corrected chi connectivity index (χ4v) is 3.58.